The Labute approximate surface area is 72.8 Å². The number of rotatable bonds is 0. The SMILES string of the molecule is [Br][Ca][Br].[Hg]. The molecule has 4 heavy (non-hydrogen) atoms. The quantitative estimate of drug-likeness (QED) is 0.538. The average molecular weight is 400 g/mol. The van der Waals surface area contributed by atoms with Gasteiger partial charge in [-0.3, -0.25) is 0 Å². The van der Waals surface area contributed by atoms with E-state index in [1.807, 2.05) is 0 Å². The Kier molecular flexibility index (Phi) is 24.2. The molecule has 0 saturated heterocycles. The van der Waals surface area contributed by atoms with Crippen LogP contribution in [0.4, 0.5) is 0 Å². The van der Waals surface area contributed by atoms with Crippen LogP contribution in [0.2, 0.25) is 0 Å². The zero-order valence-electron chi connectivity index (χ0n) is 2.17. The first-order valence-electron chi connectivity index (χ1n) is 0.535. The van der Waals surface area contributed by atoms with E-state index in [4.69, 9.17) is 0 Å². The predicted molar refractivity (Wildman–Crippen MR) is 23.6 cm³/mol. The van der Waals surface area contributed by atoms with Crippen molar-refractivity contribution in [1.82, 2.24) is 0 Å². The minimum atomic E-state index is -0.250. The molecule has 0 heterocycles. The monoisotopic (exact) mass is 400 g/mol. The Morgan fingerprint density at radius 2 is 1.25 bits per heavy atom. The van der Waals surface area contributed by atoms with Gasteiger partial charge in [-0.2, -0.15) is 0 Å². The fourth-order valence-electron chi connectivity index (χ4n) is 0. The average Bonchev–Trinajstić information content (AvgIpc) is 0.918. The smallest absolute Gasteiger partial charge is 0 e. The van der Waals surface area contributed by atoms with E-state index < -0.39 is 0 Å². The topological polar surface area (TPSA) is 0 Å². The van der Waals surface area contributed by atoms with Gasteiger partial charge < -0.3 is 0 Å². The molecule has 18 valence electrons. The van der Waals surface area contributed by atoms with Crippen molar-refractivity contribution in [3.05, 3.63) is 0 Å². The molecule has 0 saturated carbocycles. The molecule has 0 amide bonds. The third-order valence-corrected chi connectivity index (χ3v) is 0. The van der Waals surface area contributed by atoms with E-state index in [1.165, 1.54) is 0 Å². The summed E-state index contributed by atoms with van der Waals surface area (Å²) in [5, 5.41) is 0. The molecule has 0 bridgehead atoms. The Morgan fingerprint density at radius 1 is 1.25 bits per heavy atom. The second-order valence-electron chi connectivity index (χ2n) is 0.101. The first-order valence-corrected chi connectivity index (χ1v) is 11.5. The minimum absolute atomic E-state index is 0. The van der Waals surface area contributed by atoms with Gasteiger partial charge in [-0.25, -0.2) is 0 Å². The summed E-state index contributed by atoms with van der Waals surface area (Å²) in [6, 6.07) is 0. The molecule has 0 nitrogen and oxygen atoms in total. The van der Waals surface area contributed by atoms with E-state index in [9.17, 15) is 0 Å². The summed E-state index contributed by atoms with van der Waals surface area (Å²) in [6.45, 7) is 0. The van der Waals surface area contributed by atoms with Crippen LogP contribution in [0.25, 0.3) is 0 Å². The first-order chi connectivity index (χ1) is 1.41. The van der Waals surface area contributed by atoms with E-state index >= 15 is 0 Å². The summed E-state index contributed by atoms with van der Waals surface area (Å²) in [6.07, 6.45) is 0. The zero-order chi connectivity index (χ0) is 2.71. The van der Waals surface area contributed by atoms with Crippen molar-refractivity contribution in [2.75, 3.05) is 0 Å². The molecular weight excluding hydrogens is 400 g/mol. The molecule has 0 rings (SSSR count). The molecule has 0 atom stereocenters. The molecular formula is Br2CaHg. The third kappa shape index (κ3) is 8.94. The maximum absolute atomic E-state index is 3.25. The van der Waals surface area contributed by atoms with Crippen LogP contribution in [0.15, 0.2) is 0 Å². The Balaban J connectivity index is 0. The van der Waals surface area contributed by atoms with Crippen molar-refractivity contribution in [3.8, 4) is 0 Å². The van der Waals surface area contributed by atoms with Gasteiger partial charge in [-0.1, -0.05) is 0 Å². The van der Waals surface area contributed by atoms with E-state index in [0.29, 0.717) is 0 Å². The van der Waals surface area contributed by atoms with Crippen LogP contribution < -0.4 is 0 Å². The van der Waals surface area contributed by atoms with Crippen molar-refractivity contribution >= 4 is 47.4 Å². The van der Waals surface area contributed by atoms with Gasteiger partial charge in [0.05, 0.1) is 0 Å². The normalized spacial score (nSPS) is 2.50. The Hall–Kier alpha value is 3.15. The van der Waals surface area contributed by atoms with E-state index in [0.717, 1.165) is 0 Å². The van der Waals surface area contributed by atoms with Crippen LogP contribution in [0.3, 0.4) is 0 Å². The van der Waals surface area contributed by atoms with Gasteiger partial charge in [-0.15, -0.1) is 0 Å². The second-order valence-corrected chi connectivity index (χ2v) is 11.2. The summed E-state index contributed by atoms with van der Waals surface area (Å²) >= 11 is -0.250. The molecule has 0 aliphatic heterocycles. The fourth-order valence-corrected chi connectivity index (χ4v) is 0. The molecule has 0 unspecified atom stereocenters. The molecule has 0 fully saturated rings. The molecule has 0 aliphatic rings. The van der Waals surface area contributed by atoms with Crippen LogP contribution in [-0.2, 0) is 27.7 Å². The van der Waals surface area contributed by atoms with Gasteiger partial charge in [-0.05, 0) is 0 Å². The van der Waals surface area contributed by atoms with Gasteiger partial charge in [0.25, 0.3) is 0 Å². The fraction of sp³-hybridized carbons (Fsp3) is 0. The summed E-state index contributed by atoms with van der Waals surface area (Å²) in [5.41, 5.74) is 0. The van der Waals surface area contributed by atoms with Gasteiger partial charge in [0.1, 0.15) is 0 Å². The van der Waals surface area contributed by atoms with Crippen molar-refractivity contribution in [1.29, 1.82) is 0 Å². The summed E-state index contributed by atoms with van der Waals surface area (Å²) in [4.78, 5) is 0. The summed E-state index contributed by atoms with van der Waals surface area (Å²) in [5.74, 6) is 0. The van der Waals surface area contributed by atoms with Gasteiger partial charge in [0.15, 0.2) is 0 Å². The molecule has 4 heteroatoms. The first kappa shape index (κ1) is 10.2. The molecule has 0 aromatic rings. The van der Waals surface area contributed by atoms with Crippen molar-refractivity contribution in [2.24, 2.45) is 0 Å². The zero-order valence-corrected chi connectivity index (χ0v) is 13.0. The number of halogens is 2. The minimum Gasteiger partial charge on any atom is 0 e. The van der Waals surface area contributed by atoms with Crippen LogP contribution >= 0.6 is 19.4 Å². The molecule has 0 spiro atoms. The molecule has 0 aromatic carbocycles. The molecule has 0 N–H and O–H groups in total. The third-order valence-electron chi connectivity index (χ3n) is 0. The van der Waals surface area contributed by atoms with Crippen molar-refractivity contribution < 1.29 is 27.7 Å². The van der Waals surface area contributed by atoms with Crippen molar-refractivity contribution in [3.63, 3.8) is 0 Å². The van der Waals surface area contributed by atoms with Crippen LogP contribution in [0.1, 0.15) is 0 Å². The number of hydrogen-bond donors (Lipinski definition) is 0. The van der Waals surface area contributed by atoms with E-state index in [2.05, 4.69) is 19.4 Å². The maximum Gasteiger partial charge on any atom is 0 e. The Morgan fingerprint density at radius 3 is 1.25 bits per heavy atom. The molecule has 0 radical (unpaired) electrons. The van der Waals surface area contributed by atoms with E-state index in [1.54, 1.807) is 0 Å². The van der Waals surface area contributed by atoms with Crippen LogP contribution in [0.5, 0.6) is 0 Å². The van der Waals surface area contributed by atoms with Gasteiger partial charge >= 0.3 is 47.4 Å². The summed E-state index contributed by atoms with van der Waals surface area (Å²) in [7, 11) is 6.50. The van der Waals surface area contributed by atoms with E-state index in [-0.39, 0.29) is 55.6 Å². The second kappa shape index (κ2) is 9.47. The standard InChI is InChI=1S/2BrH.Ca.Hg/h2*1H;;/q;;+2;/p-2. The Bertz CT molecular complexity index is 6.00. The summed E-state index contributed by atoms with van der Waals surface area (Å²) < 4.78 is 0. The van der Waals surface area contributed by atoms with Crippen LogP contribution in [0, 0.1) is 0 Å². The van der Waals surface area contributed by atoms with Gasteiger partial charge in [0, 0.05) is 27.7 Å². The van der Waals surface area contributed by atoms with Gasteiger partial charge in [0.2, 0.25) is 0 Å². The van der Waals surface area contributed by atoms with Crippen LogP contribution in [-0.4, -0.2) is 28.0 Å². The molecule has 0 aromatic heterocycles. The maximum atomic E-state index is 3.25. The largest absolute Gasteiger partial charge is 0 e. The number of hydrogen-bond acceptors (Lipinski definition) is 0. The molecule has 0 aliphatic carbocycles. The van der Waals surface area contributed by atoms with Crippen molar-refractivity contribution in [2.45, 2.75) is 0 Å². The predicted octanol–water partition coefficient (Wildman–Crippen LogP) is 1.31.